The second kappa shape index (κ2) is 7.66. The number of hydrogen-bond donors (Lipinski definition) is 2. The average Bonchev–Trinajstić information content (AvgIpc) is 2.95. The van der Waals surface area contributed by atoms with Crippen LogP contribution >= 0.6 is 0 Å². The highest BCUT2D eigenvalue weighted by Gasteiger charge is 2.60. The van der Waals surface area contributed by atoms with Crippen molar-refractivity contribution in [1.29, 1.82) is 0 Å². The molecule has 4 nitrogen and oxygen atoms in total. The summed E-state index contributed by atoms with van der Waals surface area (Å²) in [5.74, 6) is 2.81. The van der Waals surface area contributed by atoms with Crippen molar-refractivity contribution in [2.75, 3.05) is 0 Å². The normalized spacial score (nSPS) is 48.2. The number of carboxylic acids is 1. The Morgan fingerprint density at radius 2 is 1.76 bits per heavy atom. The van der Waals surface area contributed by atoms with Crippen LogP contribution in [0.4, 0.5) is 0 Å². The highest BCUT2D eigenvalue weighted by Crippen LogP contribution is 2.67. The van der Waals surface area contributed by atoms with Gasteiger partial charge >= 0.3 is 5.97 Å². The largest absolute Gasteiger partial charge is 0.481 e. The first-order valence-electron chi connectivity index (χ1n) is 12.1. The number of aliphatic carboxylic acids is 1. The minimum atomic E-state index is -0.687. The summed E-state index contributed by atoms with van der Waals surface area (Å²) in [6.07, 6.45) is 9.81. The predicted octanol–water partition coefficient (Wildman–Crippen LogP) is 5.08. The van der Waals surface area contributed by atoms with Crippen molar-refractivity contribution in [3.05, 3.63) is 0 Å². The number of carbonyl (C=O) groups excluding carboxylic acids is 1. The fraction of sp³-hybridized carbons (Fsp3) is 0.920. The SMILES string of the molecule is C[C@H](CCC(=O)O)C1CC[C@H]2[C@@H]3CC(=O)C[C@@H]4C[C@H](O)CC[C@]4(C)[C@H]3CC[C@]12C. The maximum absolute atomic E-state index is 13.0. The summed E-state index contributed by atoms with van der Waals surface area (Å²) in [4.78, 5) is 24.1. The van der Waals surface area contributed by atoms with E-state index in [1.165, 1.54) is 25.7 Å². The van der Waals surface area contributed by atoms with E-state index < -0.39 is 5.97 Å². The van der Waals surface area contributed by atoms with Gasteiger partial charge in [0, 0.05) is 19.3 Å². The van der Waals surface area contributed by atoms with Gasteiger partial charge in [-0.05, 0) is 97.7 Å². The van der Waals surface area contributed by atoms with Crippen molar-refractivity contribution in [2.45, 2.75) is 97.5 Å². The quantitative estimate of drug-likeness (QED) is 0.685. The summed E-state index contributed by atoms with van der Waals surface area (Å²) in [6, 6.07) is 0. The van der Waals surface area contributed by atoms with E-state index in [0.717, 1.165) is 32.1 Å². The first-order valence-corrected chi connectivity index (χ1v) is 12.1. The maximum atomic E-state index is 13.0. The number of carboxylic acid groups (broad SMARTS) is 1. The predicted molar refractivity (Wildman–Crippen MR) is 112 cm³/mol. The molecule has 0 radical (unpaired) electrons. The molecule has 0 aromatic heterocycles. The topological polar surface area (TPSA) is 74.6 Å². The first-order chi connectivity index (χ1) is 13.6. The number of fused-ring (bicyclic) bond motifs is 5. The van der Waals surface area contributed by atoms with Gasteiger partial charge in [0.2, 0.25) is 0 Å². The zero-order valence-corrected chi connectivity index (χ0v) is 18.5. The van der Waals surface area contributed by atoms with Crippen LogP contribution in [0.2, 0.25) is 0 Å². The van der Waals surface area contributed by atoms with Crippen LogP contribution in [0.15, 0.2) is 0 Å². The lowest BCUT2D eigenvalue weighted by Crippen LogP contribution is -2.50. The molecule has 0 aromatic rings. The second-order valence-corrected chi connectivity index (χ2v) is 11.6. The molecule has 4 heteroatoms. The van der Waals surface area contributed by atoms with Crippen molar-refractivity contribution in [1.82, 2.24) is 0 Å². The third-order valence-corrected chi connectivity index (χ3v) is 10.3. The molecule has 0 amide bonds. The molecule has 9 atom stereocenters. The molecule has 0 spiro atoms. The Morgan fingerprint density at radius 1 is 1.07 bits per heavy atom. The summed E-state index contributed by atoms with van der Waals surface area (Å²) in [7, 11) is 0. The minimum Gasteiger partial charge on any atom is -0.481 e. The molecule has 2 N–H and O–H groups in total. The van der Waals surface area contributed by atoms with Crippen LogP contribution in [-0.2, 0) is 9.59 Å². The van der Waals surface area contributed by atoms with Crippen LogP contribution in [0, 0.1) is 46.3 Å². The van der Waals surface area contributed by atoms with Gasteiger partial charge in [-0.1, -0.05) is 20.8 Å². The fourth-order valence-corrected chi connectivity index (χ4v) is 8.74. The van der Waals surface area contributed by atoms with Gasteiger partial charge in [-0.15, -0.1) is 0 Å². The van der Waals surface area contributed by atoms with Crippen molar-refractivity contribution < 1.29 is 19.8 Å². The monoisotopic (exact) mass is 404 g/mol. The van der Waals surface area contributed by atoms with E-state index in [4.69, 9.17) is 5.11 Å². The summed E-state index contributed by atoms with van der Waals surface area (Å²) < 4.78 is 0. The Balaban J connectivity index is 1.58. The smallest absolute Gasteiger partial charge is 0.303 e. The van der Waals surface area contributed by atoms with Gasteiger partial charge in [0.25, 0.3) is 0 Å². The molecule has 4 fully saturated rings. The molecule has 0 heterocycles. The van der Waals surface area contributed by atoms with Gasteiger partial charge in [-0.25, -0.2) is 0 Å². The molecule has 0 saturated heterocycles. The molecule has 164 valence electrons. The van der Waals surface area contributed by atoms with Gasteiger partial charge in [-0.3, -0.25) is 9.59 Å². The summed E-state index contributed by atoms with van der Waals surface area (Å²) >= 11 is 0. The summed E-state index contributed by atoms with van der Waals surface area (Å²) in [5.41, 5.74) is 0.453. The van der Waals surface area contributed by atoms with E-state index in [-0.39, 0.29) is 23.4 Å². The summed E-state index contributed by atoms with van der Waals surface area (Å²) in [6.45, 7) is 7.15. The fourth-order valence-electron chi connectivity index (χ4n) is 8.74. The van der Waals surface area contributed by atoms with Gasteiger partial charge in [-0.2, -0.15) is 0 Å². The van der Waals surface area contributed by atoms with Gasteiger partial charge in [0.1, 0.15) is 5.78 Å². The van der Waals surface area contributed by atoms with E-state index in [1.54, 1.807) is 0 Å². The molecule has 29 heavy (non-hydrogen) atoms. The highest BCUT2D eigenvalue weighted by atomic mass is 16.4. The van der Waals surface area contributed by atoms with E-state index >= 15 is 0 Å². The Hall–Kier alpha value is -0.900. The third-order valence-electron chi connectivity index (χ3n) is 10.3. The third kappa shape index (κ3) is 3.58. The number of aliphatic hydroxyl groups excluding tert-OH is 1. The number of Topliss-reactive ketones (excluding diaryl/α,β-unsaturated/α-hetero) is 1. The second-order valence-electron chi connectivity index (χ2n) is 11.6. The number of hydrogen-bond acceptors (Lipinski definition) is 3. The standard InChI is InChI=1S/C25H40O4/c1-15(4-7-23(28)29)20-5-6-21-19-14-18(27)13-16-12-17(26)8-10-24(16,2)22(19)9-11-25(20,21)3/h15-17,19-22,26H,4-14H2,1-3H3,(H,28,29)/t15-,16+,17-,19+,20?,21+,22+,24+,25-/m1/s1. The molecular formula is C25H40O4. The van der Waals surface area contributed by atoms with Crippen LogP contribution < -0.4 is 0 Å². The Labute approximate surface area is 175 Å². The van der Waals surface area contributed by atoms with E-state index in [9.17, 15) is 14.7 Å². The van der Waals surface area contributed by atoms with Crippen molar-refractivity contribution in [3.63, 3.8) is 0 Å². The van der Waals surface area contributed by atoms with Gasteiger partial charge in [0.05, 0.1) is 6.10 Å². The van der Waals surface area contributed by atoms with Crippen LogP contribution in [0.1, 0.15) is 91.4 Å². The Morgan fingerprint density at radius 3 is 2.48 bits per heavy atom. The lowest BCUT2D eigenvalue weighted by Gasteiger charge is -2.56. The minimum absolute atomic E-state index is 0.199. The first kappa shape index (κ1) is 21.3. The van der Waals surface area contributed by atoms with Crippen LogP contribution in [0.3, 0.4) is 0 Å². The van der Waals surface area contributed by atoms with Crippen LogP contribution in [0.25, 0.3) is 0 Å². The molecular weight excluding hydrogens is 364 g/mol. The molecule has 4 aliphatic rings. The number of aliphatic hydroxyl groups is 1. The van der Waals surface area contributed by atoms with Gasteiger partial charge < -0.3 is 10.2 Å². The molecule has 0 aromatic carbocycles. The molecule has 4 rings (SSSR count). The molecule has 4 aliphatic carbocycles. The van der Waals surface area contributed by atoms with Crippen molar-refractivity contribution in [2.24, 2.45) is 46.3 Å². The zero-order chi connectivity index (χ0) is 21.0. The zero-order valence-electron chi connectivity index (χ0n) is 18.5. The van der Waals surface area contributed by atoms with Crippen LogP contribution in [0.5, 0.6) is 0 Å². The number of rotatable bonds is 4. The van der Waals surface area contributed by atoms with Crippen LogP contribution in [-0.4, -0.2) is 28.1 Å². The van der Waals surface area contributed by atoms with Gasteiger partial charge in [0.15, 0.2) is 0 Å². The molecule has 4 saturated carbocycles. The van der Waals surface area contributed by atoms with E-state index in [1.807, 2.05) is 0 Å². The molecule has 0 aliphatic heterocycles. The lowest BCUT2D eigenvalue weighted by molar-refractivity contribution is -0.137. The lowest BCUT2D eigenvalue weighted by atomic mass is 9.49. The van der Waals surface area contributed by atoms with E-state index in [2.05, 4.69) is 20.8 Å². The number of ketones is 1. The molecule has 1 unspecified atom stereocenters. The maximum Gasteiger partial charge on any atom is 0.303 e. The van der Waals surface area contributed by atoms with E-state index in [0.29, 0.717) is 47.7 Å². The van der Waals surface area contributed by atoms with Crippen molar-refractivity contribution >= 4 is 11.8 Å². The highest BCUT2D eigenvalue weighted by molar-refractivity contribution is 5.79. The van der Waals surface area contributed by atoms with Crippen molar-refractivity contribution in [3.8, 4) is 0 Å². The summed E-state index contributed by atoms with van der Waals surface area (Å²) in [5, 5.41) is 19.4. The molecule has 0 bridgehead atoms. The average molecular weight is 405 g/mol. The Bertz CT molecular complexity index is 659. The number of carbonyl (C=O) groups is 2. The Kier molecular flexibility index (Phi) is 5.63.